The topological polar surface area (TPSA) is 50.2 Å². The molecule has 0 radical (unpaired) electrons. The Bertz CT molecular complexity index is 554. The van der Waals surface area contributed by atoms with Crippen LogP contribution in [0.25, 0.3) is 5.65 Å². The summed E-state index contributed by atoms with van der Waals surface area (Å²) in [5.74, 6) is 3.97. The van der Waals surface area contributed by atoms with Crippen LogP contribution < -0.4 is 5.56 Å². The van der Waals surface area contributed by atoms with Crippen molar-refractivity contribution in [2.45, 2.75) is 12.8 Å². The summed E-state index contributed by atoms with van der Waals surface area (Å²) in [7, 11) is 0. The van der Waals surface area contributed by atoms with E-state index >= 15 is 0 Å². The molecule has 1 N–H and O–H groups in total. The molecule has 16 heavy (non-hydrogen) atoms. The Kier molecular flexibility index (Phi) is 2.47. The molecule has 1 atom stereocenters. The molecule has 0 aromatic carbocycles. The van der Waals surface area contributed by atoms with Gasteiger partial charge in [0.2, 0.25) is 0 Å². The first kappa shape index (κ1) is 9.96. The molecule has 1 unspecified atom stereocenters. The lowest BCUT2D eigenvalue weighted by Gasteiger charge is -2.05. The van der Waals surface area contributed by atoms with Crippen molar-refractivity contribution >= 4 is 17.4 Å². The molecule has 84 valence electrons. The van der Waals surface area contributed by atoms with E-state index in [-0.39, 0.29) is 5.56 Å². The molecule has 1 aliphatic rings. The molecule has 0 bridgehead atoms. The van der Waals surface area contributed by atoms with Crippen molar-refractivity contribution in [2.75, 3.05) is 11.5 Å². The molecule has 0 amide bonds. The van der Waals surface area contributed by atoms with Crippen molar-refractivity contribution in [3.05, 3.63) is 34.4 Å². The van der Waals surface area contributed by atoms with Crippen LogP contribution in [0, 0.1) is 5.92 Å². The highest BCUT2D eigenvalue weighted by molar-refractivity contribution is 7.99. The summed E-state index contributed by atoms with van der Waals surface area (Å²) in [5.41, 5.74) is 0.792. The second kappa shape index (κ2) is 3.97. The van der Waals surface area contributed by atoms with Gasteiger partial charge < -0.3 is 0 Å². The second-order valence-corrected chi connectivity index (χ2v) is 5.31. The molecule has 1 saturated heterocycles. The molecule has 2 aromatic rings. The molecule has 1 fully saturated rings. The summed E-state index contributed by atoms with van der Waals surface area (Å²) in [6, 6.07) is 5.21. The van der Waals surface area contributed by atoms with Gasteiger partial charge in [-0.3, -0.25) is 9.89 Å². The van der Waals surface area contributed by atoms with Crippen molar-refractivity contribution in [1.82, 2.24) is 14.6 Å². The monoisotopic (exact) mass is 235 g/mol. The lowest BCUT2D eigenvalue weighted by molar-refractivity contribution is 0.571. The summed E-state index contributed by atoms with van der Waals surface area (Å²) < 4.78 is 1.68. The van der Waals surface area contributed by atoms with E-state index < -0.39 is 0 Å². The molecule has 2 aromatic heterocycles. The van der Waals surface area contributed by atoms with Crippen molar-refractivity contribution < 1.29 is 0 Å². The van der Waals surface area contributed by atoms with E-state index in [0.29, 0.717) is 5.92 Å². The van der Waals surface area contributed by atoms with E-state index in [2.05, 4.69) is 10.2 Å². The average molecular weight is 235 g/mol. The zero-order chi connectivity index (χ0) is 11.0. The third kappa shape index (κ3) is 1.65. The van der Waals surface area contributed by atoms with Crippen molar-refractivity contribution in [3.63, 3.8) is 0 Å². The molecule has 3 heterocycles. The molecule has 0 spiro atoms. The van der Waals surface area contributed by atoms with Crippen molar-refractivity contribution in [1.29, 1.82) is 0 Å². The van der Waals surface area contributed by atoms with Gasteiger partial charge in [-0.05, 0) is 29.9 Å². The maximum absolute atomic E-state index is 11.7. The van der Waals surface area contributed by atoms with Gasteiger partial charge in [-0.2, -0.15) is 16.9 Å². The van der Waals surface area contributed by atoms with Gasteiger partial charge in [0.25, 0.3) is 5.56 Å². The fraction of sp³-hybridized carbons (Fsp3) is 0.455. The molecule has 0 aliphatic carbocycles. The SMILES string of the molecule is O=c1cccc2[nH]nc(CC3CCSC3)n12. The number of hydrogen-bond acceptors (Lipinski definition) is 3. The number of aromatic nitrogens is 3. The van der Waals surface area contributed by atoms with Crippen molar-refractivity contribution in [2.24, 2.45) is 5.92 Å². The Morgan fingerprint density at radius 1 is 1.56 bits per heavy atom. The maximum atomic E-state index is 11.7. The molecular formula is C11H13N3OS. The summed E-state index contributed by atoms with van der Waals surface area (Å²) in [6.07, 6.45) is 2.14. The zero-order valence-corrected chi connectivity index (χ0v) is 9.67. The van der Waals surface area contributed by atoms with Crippen LogP contribution in [0.2, 0.25) is 0 Å². The van der Waals surface area contributed by atoms with Crippen LogP contribution >= 0.6 is 11.8 Å². The number of nitrogens with one attached hydrogen (secondary N) is 1. The smallest absolute Gasteiger partial charge is 0.257 e. The van der Waals surface area contributed by atoms with Crippen LogP contribution in [0.15, 0.2) is 23.0 Å². The second-order valence-electron chi connectivity index (χ2n) is 4.16. The van der Waals surface area contributed by atoms with E-state index in [1.807, 2.05) is 17.8 Å². The number of fused-ring (bicyclic) bond motifs is 1. The van der Waals surface area contributed by atoms with Gasteiger partial charge in [-0.25, -0.2) is 4.40 Å². The highest BCUT2D eigenvalue weighted by atomic mass is 32.2. The van der Waals surface area contributed by atoms with Gasteiger partial charge in [-0.15, -0.1) is 0 Å². The fourth-order valence-electron chi connectivity index (χ4n) is 2.15. The van der Waals surface area contributed by atoms with Gasteiger partial charge in [-0.1, -0.05) is 6.07 Å². The molecule has 3 rings (SSSR count). The Hall–Kier alpha value is -1.23. The van der Waals surface area contributed by atoms with Gasteiger partial charge in [0.1, 0.15) is 11.5 Å². The lowest BCUT2D eigenvalue weighted by atomic mass is 10.1. The van der Waals surface area contributed by atoms with Crippen LogP contribution in [0.4, 0.5) is 0 Å². The highest BCUT2D eigenvalue weighted by Gasteiger charge is 2.18. The minimum atomic E-state index is 0.00639. The van der Waals surface area contributed by atoms with Gasteiger partial charge in [0.15, 0.2) is 0 Å². The molecule has 1 aliphatic heterocycles. The van der Waals surface area contributed by atoms with E-state index in [0.717, 1.165) is 17.9 Å². The third-order valence-electron chi connectivity index (χ3n) is 3.01. The molecular weight excluding hydrogens is 222 g/mol. The van der Waals surface area contributed by atoms with Crippen molar-refractivity contribution in [3.8, 4) is 0 Å². The number of H-pyrrole nitrogens is 1. The third-order valence-corrected chi connectivity index (χ3v) is 4.24. The largest absolute Gasteiger partial charge is 0.269 e. The summed E-state index contributed by atoms with van der Waals surface area (Å²) in [6.45, 7) is 0. The predicted octanol–water partition coefficient (Wildman–Crippen LogP) is 1.32. The molecule has 0 saturated carbocycles. The number of hydrogen-bond donors (Lipinski definition) is 1. The van der Waals surface area contributed by atoms with Crippen LogP contribution in [-0.2, 0) is 6.42 Å². The number of aromatic amines is 1. The average Bonchev–Trinajstić information content (AvgIpc) is 2.90. The first-order chi connectivity index (χ1) is 7.84. The quantitative estimate of drug-likeness (QED) is 0.854. The zero-order valence-electron chi connectivity index (χ0n) is 8.85. The molecule has 5 heteroatoms. The van der Waals surface area contributed by atoms with E-state index in [1.54, 1.807) is 16.5 Å². The van der Waals surface area contributed by atoms with Crippen LogP contribution in [0.1, 0.15) is 12.2 Å². The summed E-state index contributed by atoms with van der Waals surface area (Å²) in [4.78, 5) is 11.7. The Morgan fingerprint density at radius 2 is 2.50 bits per heavy atom. The number of thioether (sulfide) groups is 1. The normalized spacial score (nSPS) is 20.6. The van der Waals surface area contributed by atoms with E-state index in [9.17, 15) is 4.79 Å². The van der Waals surface area contributed by atoms with Crippen LogP contribution in [0.5, 0.6) is 0 Å². The highest BCUT2D eigenvalue weighted by Crippen LogP contribution is 2.25. The predicted molar refractivity (Wildman–Crippen MR) is 64.9 cm³/mol. The maximum Gasteiger partial charge on any atom is 0.257 e. The Labute approximate surface area is 97.1 Å². The first-order valence-electron chi connectivity index (χ1n) is 5.47. The standard InChI is InChI=1S/C11H13N3OS/c15-11-3-1-2-9-12-13-10(14(9)11)6-8-4-5-16-7-8/h1-3,8,12H,4-7H2. The lowest BCUT2D eigenvalue weighted by Crippen LogP contribution is -2.15. The minimum absolute atomic E-state index is 0.00639. The first-order valence-corrected chi connectivity index (χ1v) is 6.63. The summed E-state index contributed by atoms with van der Waals surface area (Å²) >= 11 is 1.99. The number of rotatable bonds is 2. The van der Waals surface area contributed by atoms with Gasteiger partial charge in [0, 0.05) is 12.5 Å². The Morgan fingerprint density at radius 3 is 3.31 bits per heavy atom. The number of nitrogens with zero attached hydrogens (tertiary/aromatic N) is 2. The molecule has 4 nitrogen and oxygen atoms in total. The van der Waals surface area contributed by atoms with Crippen LogP contribution in [-0.4, -0.2) is 26.1 Å². The fourth-order valence-corrected chi connectivity index (χ4v) is 3.44. The summed E-state index contributed by atoms with van der Waals surface area (Å²) in [5, 5.41) is 7.16. The minimum Gasteiger partial charge on any atom is -0.269 e. The van der Waals surface area contributed by atoms with Gasteiger partial charge >= 0.3 is 0 Å². The number of pyridine rings is 1. The van der Waals surface area contributed by atoms with Crippen LogP contribution in [0.3, 0.4) is 0 Å². The van der Waals surface area contributed by atoms with Gasteiger partial charge in [0.05, 0.1) is 0 Å². The Balaban J connectivity index is 2.00. The van der Waals surface area contributed by atoms with E-state index in [4.69, 9.17) is 0 Å². The van der Waals surface area contributed by atoms with E-state index in [1.165, 1.54) is 17.9 Å².